The number of ether oxygens (including phenoxy) is 1. The second kappa shape index (κ2) is 8.61. The topological polar surface area (TPSA) is 43.3 Å². The average molecular weight is 321 g/mol. The minimum absolute atomic E-state index is 0.0316. The van der Waals surface area contributed by atoms with Crippen LogP contribution in [0.2, 0.25) is 5.02 Å². The summed E-state index contributed by atoms with van der Waals surface area (Å²) in [5, 5.41) is 3.58. The fourth-order valence-corrected chi connectivity index (χ4v) is 2.48. The van der Waals surface area contributed by atoms with Gasteiger partial charge in [-0.1, -0.05) is 23.7 Å². The summed E-state index contributed by atoms with van der Waals surface area (Å²) < 4.78 is 7.03. The molecule has 0 radical (unpaired) electrons. The number of hydrogen-bond acceptors (Lipinski definition) is 2. The molecule has 4 nitrogen and oxygen atoms in total. The smallest absolute Gasteiger partial charge is 0.220 e. The van der Waals surface area contributed by atoms with E-state index in [1.54, 1.807) is 7.11 Å². The first-order valence-electron chi connectivity index (χ1n) is 7.31. The number of benzene rings is 1. The maximum atomic E-state index is 12.1. The van der Waals surface area contributed by atoms with Crippen LogP contribution in [0.1, 0.15) is 17.9 Å². The van der Waals surface area contributed by atoms with Crippen LogP contribution in [0, 0.1) is 0 Å². The molecular weight excluding hydrogens is 300 g/mol. The molecule has 1 aromatic heterocycles. The Morgan fingerprint density at radius 3 is 2.59 bits per heavy atom. The van der Waals surface area contributed by atoms with E-state index >= 15 is 0 Å². The maximum Gasteiger partial charge on any atom is 0.220 e. The number of hydrogen-bond donors (Lipinski definition) is 1. The minimum Gasteiger partial charge on any atom is -0.383 e. The van der Waals surface area contributed by atoms with Gasteiger partial charge < -0.3 is 14.6 Å². The van der Waals surface area contributed by atoms with Crippen molar-refractivity contribution in [2.45, 2.75) is 18.9 Å². The third kappa shape index (κ3) is 5.20. The first-order valence-corrected chi connectivity index (χ1v) is 7.68. The molecule has 1 atom stereocenters. The molecule has 1 N–H and O–H groups in total. The Morgan fingerprint density at radius 1 is 1.27 bits per heavy atom. The molecule has 0 saturated heterocycles. The van der Waals surface area contributed by atoms with Gasteiger partial charge in [0.15, 0.2) is 0 Å². The van der Waals surface area contributed by atoms with Gasteiger partial charge in [-0.05, 0) is 29.8 Å². The quantitative estimate of drug-likeness (QED) is 0.760. The molecule has 0 bridgehead atoms. The molecule has 0 spiro atoms. The molecule has 118 valence electrons. The molecule has 0 fully saturated rings. The lowest BCUT2D eigenvalue weighted by Crippen LogP contribution is -2.29. The van der Waals surface area contributed by atoms with Gasteiger partial charge in [-0.25, -0.2) is 0 Å². The number of rotatable bonds is 8. The van der Waals surface area contributed by atoms with E-state index in [9.17, 15) is 4.79 Å². The van der Waals surface area contributed by atoms with E-state index < -0.39 is 0 Å². The van der Waals surface area contributed by atoms with Crippen LogP contribution in [0.15, 0.2) is 48.8 Å². The molecule has 1 aromatic carbocycles. The highest BCUT2D eigenvalue weighted by Crippen LogP contribution is 2.23. The van der Waals surface area contributed by atoms with Crippen LogP contribution < -0.4 is 5.32 Å². The summed E-state index contributed by atoms with van der Waals surface area (Å²) >= 11 is 5.95. The van der Waals surface area contributed by atoms with Crippen molar-refractivity contribution in [1.82, 2.24) is 9.88 Å². The number of methoxy groups -OCH3 is 1. The van der Waals surface area contributed by atoms with E-state index in [0.717, 1.165) is 12.1 Å². The monoisotopic (exact) mass is 320 g/mol. The van der Waals surface area contributed by atoms with Crippen LogP contribution in [-0.2, 0) is 16.1 Å². The molecule has 0 aliphatic heterocycles. The third-order valence-electron chi connectivity index (χ3n) is 3.50. The summed E-state index contributed by atoms with van der Waals surface area (Å²) in [7, 11) is 1.62. The number of aromatic nitrogens is 1. The molecule has 0 aliphatic rings. The number of nitrogens with zero attached hydrogens (tertiary/aromatic N) is 1. The van der Waals surface area contributed by atoms with E-state index in [0.29, 0.717) is 24.6 Å². The molecule has 0 saturated carbocycles. The van der Waals surface area contributed by atoms with E-state index in [1.807, 2.05) is 48.8 Å². The number of halogens is 1. The van der Waals surface area contributed by atoms with Crippen LogP contribution in [0.25, 0.3) is 0 Å². The average Bonchev–Trinajstić information content (AvgIpc) is 3.01. The van der Waals surface area contributed by atoms with Gasteiger partial charge in [0, 0.05) is 50.0 Å². The second-order valence-corrected chi connectivity index (χ2v) is 5.61. The summed E-state index contributed by atoms with van der Waals surface area (Å²) in [6.45, 7) is 1.81. The van der Waals surface area contributed by atoms with Crippen LogP contribution in [0.3, 0.4) is 0 Å². The van der Waals surface area contributed by atoms with Gasteiger partial charge in [0.05, 0.1) is 6.61 Å². The van der Waals surface area contributed by atoms with Crippen molar-refractivity contribution in [3.05, 3.63) is 59.4 Å². The van der Waals surface area contributed by atoms with Gasteiger partial charge >= 0.3 is 0 Å². The summed E-state index contributed by atoms with van der Waals surface area (Å²) in [6, 6.07) is 11.7. The predicted molar refractivity (Wildman–Crippen MR) is 88.1 cm³/mol. The fourth-order valence-electron chi connectivity index (χ4n) is 2.36. The highest BCUT2D eigenvalue weighted by molar-refractivity contribution is 6.30. The molecule has 0 aliphatic carbocycles. The van der Waals surface area contributed by atoms with Gasteiger partial charge in [-0.3, -0.25) is 4.79 Å². The third-order valence-corrected chi connectivity index (χ3v) is 3.75. The zero-order chi connectivity index (χ0) is 15.8. The minimum atomic E-state index is 0.0316. The Bertz CT molecular complexity index is 567. The number of nitrogens with one attached hydrogen (secondary N) is 1. The predicted octanol–water partition coefficient (Wildman–Crippen LogP) is 3.08. The van der Waals surface area contributed by atoms with Gasteiger partial charge in [0.1, 0.15) is 0 Å². The highest BCUT2D eigenvalue weighted by atomic mass is 35.5. The summed E-state index contributed by atoms with van der Waals surface area (Å²) in [5.41, 5.74) is 1.11. The zero-order valence-corrected chi connectivity index (χ0v) is 13.4. The van der Waals surface area contributed by atoms with Crippen molar-refractivity contribution >= 4 is 17.5 Å². The Hall–Kier alpha value is -1.78. The van der Waals surface area contributed by atoms with Crippen LogP contribution in [0.5, 0.6) is 0 Å². The second-order valence-electron chi connectivity index (χ2n) is 5.18. The van der Waals surface area contributed by atoms with Gasteiger partial charge in [-0.2, -0.15) is 0 Å². The van der Waals surface area contributed by atoms with Crippen LogP contribution >= 0.6 is 11.6 Å². The van der Waals surface area contributed by atoms with E-state index in [1.165, 1.54) is 0 Å². The number of amides is 1. The Labute approximate surface area is 136 Å². The van der Waals surface area contributed by atoms with Crippen molar-refractivity contribution in [3.8, 4) is 0 Å². The van der Waals surface area contributed by atoms with E-state index in [2.05, 4.69) is 9.88 Å². The van der Waals surface area contributed by atoms with Crippen molar-refractivity contribution < 1.29 is 9.53 Å². The summed E-state index contributed by atoms with van der Waals surface area (Å²) in [4.78, 5) is 12.1. The summed E-state index contributed by atoms with van der Waals surface area (Å²) in [6.07, 6.45) is 4.45. The molecule has 2 rings (SSSR count). The lowest BCUT2D eigenvalue weighted by atomic mass is 9.95. The van der Waals surface area contributed by atoms with Crippen LogP contribution in [0.4, 0.5) is 0 Å². The van der Waals surface area contributed by atoms with E-state index in [4.69, 9.17) is 16.3 Å². The standard InChI is InChI=1S/C17H21ClN2O2/c1-22-11-8-19-17(21)12-15(13-20-9-2-3-10-20)14-4-6-16(18)7-5-14/h2-7,9-10,15H,8,11-13H2,1H3,(H,19,21)/t15-/m0/s1. The number of carbonyl (C=O) groups is 1. The highest BCUT2D eigenvalue weighted by Gasteiger charge is 2.16. The lowest BCUT2D eigenvalue weighted by molar-refractivity contribution is -0.121. The Balaban J connectivity index is 2.04. The van der Waals surface area contributed by atoms with Gasteiger partial charge in [0.25, 0.3) is 0 Å². The first kappa shape index (κ1) is 16.6. The number of carbonyl (C=O) groups excluding carboxylic acids is 1. The largest absolute Gasteiger partial charge is 0.383 e. The fraction of sp³-hybridized carbons (Fsp3) is 0.353. The first-order chi connectivity index (χ1) is 10.7. The Morgan fingerprint density at radius 2 is 1.95 bits per heavy atom. The van der Waals surface area contributed by atoms with Gasteiger partial charge in [0.2, 0.25) is 5.91 Å². The molecule has 1 amide bonds. The molecular formula is C17H21ClN2O2. The van der Waals surface area contributed by atoms with E-state index in [-0.39, 0.29) is 11.8 Å². The van der Waals surface area contributed by atoms with Crippen molar-refractivity contribution in [3.63, 3.8) is 0 Å². The molecule has 1 heterocycles. The molecule has 5 heteroatoms. The summed E-state index contributed by atoms with van der Waals surface area (Å²) in [5.74, 6) is 0.136. The lowest BCUT2D eigenvalue weighted by Gasteiger charge is -2.18. The normalized spacial score (nSPS) is 12.1. The maximum absolute atomic E-state index is 12.1. The van der Waals surface area contributed by atoms with Crippen molar-refractivity contribution in [2.24, 2.45) is 0 Å². The SMILES string of the molecule is COCCNC(=O)C[C@@H](Cn1cccc1)c1ccc(Cl)cc1. The molecule has 22 heavy (non-hydrogen) atoms. The van der Waals surface area contributed by atoms with Crippen molar-refractivity contribution in [1.29, 1.82) is 0 Å². The van der Waals surface area contributed by atoms with Gasteiger partial charge in [-0.15, -0.1) is 0 Å². The Kier molecular flexibility index (Phi) is 6.49. The molecule has 0 unspecified atom stereocenters. The van der Waals surface area contributed by atoms with Crippen LogP contribution in [-0.4, -0.2) is 30.7 Å². The molecule has 2 aromatic rings. The zero-order valence-electron chi connectivity index (χ0n) is 12.7. The van der Waals surface area contributed by atoms with Crippen molar-refractivity contribution in [2.75, 3.05) is 20.3 Å².